The minimum Gasteiger partial charge on any atom is -0.322 e. The number of hydrogen-bond donors (Lipinski definition) is 1. The number of nitrogens with one attached hydrogen (secondary N) is 1. The van der Waals surface area contributed by atoms with Crippen molar-refractivity contribution < 1.29 is 9.59 Å². The van der Waals surface area contributed by atoms with Crippen molar-refractivity contribution in [3.8, 4) is 0 Å². The lowest BCUT2D eigenvalue weighted by atomic mass is 9.87. The van der Waals surface area contributed by atoms with E-state index in [0.717, 1.165) is 11.3 Å². The summed E-state index contributed by atoms with van der Waals surface area (Å²) in [5.41, 5.74) is 4.19. The van der Waals surface area contributed by atoms with Gasteiger partial charge in [0.1, 0.15) is 5.37 Å². The van der Waals surface area contributed by atoms with Crippen LogP contribution in [-0.2, 0) is 10.2 Å². The van der Waals surface area contributed by atoms with Crippen LogP contribution in [0.2, 0.25) is 5.02 Å². The fourth-order valence-corrected chi connectivity index (χ4v) is 5.07. The van der Waals surface area contributed by atoms with Gasteiger partial charge in [-0.2, -0.15) is 0 Å². The van der Waals surface area contributed by atoms with E-state index in [4.69, 9.17) is 11.6 Å². The second-order valence-electron chi connectivity index (χ2n) is 8.78. The number of carbonyl (C=O) groups is 2. The third-order valence-corrected chi connectivity index (χ3v) is 6.97. The SMILES string of the molecule is CC(C)(C)c1ccc(N2C(=O)CS[C@@H]2c2cccc(NC(=O)c3ccccc3Cl)c2)cc1. The highest BCUT2D eigenvalue weighted by atomic mass is 35.5. The molecule has 1 aliphatic rings. The Balaban J connectivity index is 1.58. The molecule has 0 spiro atoms. The predicted octanol–water partition coefficient (Wildman–Crippen LogP) is 6.67. The van der Waals surface area contributed by atoms with Crippen LogP contribution in [0.3, 0.4) is 0 Å². The largest absolute Gasteiger partial charge is 0.322 e. The molecular formula is C26H25ClN2O2S. The number of rotatable bonds is 4. The zero-order valence-electron chi connectivity index (χ0n) is 18.3. The molecule has 0 unspecified atom stereocenters. The summed E-state index contributed by atoms with van der Waals surface area (Å²) in [5, 5.41) is 3.17. The molecule has 1 atom stereocenters. The van der Waals surface area contributed by atoms with Crippen LogP contribution in [0, 0.1) is 0 Å². The van der Waals surface area contributed by atoms with Crippen LogP contribution in [0.4, 0.5) is 11.4 Å². The molecule has 164 valence electrons. The Morgan fingerprint density at radius 3 is 2.44 bits per heavy atom. The number of hydrogen-bond acceptors (Lipinski definition) is 3. The van der Waals surface area contributed by atoms with E-state index >= 15 is 0 Å². The van der Waals surface area contributed by atoms with Gasteiger partial charge in [-0.05, 0) is 52.9 Å². The Morgan fingerprint density at radius 2 is 1.75 bits per heavy atom. The van der Waals surface area contributed by atoms with Crippen molar-refractivity contribution >= 4 is 46.6 Å². The van der Waals surface area contributed by atoms with E-state index < -0.39 is 0 Å². The maximum atomic E-state index is 12.7. The second-order valence-corrected chi connectivity index (χ2v) is 10.3. The van der Waals surface area contributed by atoms with Gasteiger partial charge in [-0.3, -0.25) is 14.5 Å². The lowest BCUT2D eigenvalue weighted by Crippen LogP contribution is -2.28. The van der Waals surface area contributed by atoms with Crippen LogP contribution in [0.25, 0.3) is 0 Å². The molecule has 0 aromatic heterocycles. The fourth-order valence-electron chi connectivity index (χ4n) is 3.69. The number of nitrogens with zero attached hydrogens (tertiary/aromatic N) is 1. The topological polar surface area (TPSA) is 49.4 Å². The van der Waals surface area contributed by atoms with Gasteiger partial charge >= 0.3 is 0 Å². The summed E-state index contributed by atoms with van der Waals surface area (Å²) in [7, 11) is 0. The molecule has 0 radical (unpaired) electrons. The molecule has 1 aliphatic heterocycles. The first-order chi connectivity index (χ1) is 15.2. The highest BCUT2D eigenvalue weighted by Gasteiger charge is 2.34. The Hall–Kier alpha value is -2.76. The maximum Gasteiger partial charge on any atom is 0.257 e. The molecule has 1 N–H and O–H groups in total. The number of benzene rings is 3. The molecule has 32 heavy (non-hydrogen) atoms. The minimum atomic E-state index is -0.266. The summed E-state index contributed by atoms with van der Waals surface area (Å²) >= 11 is 7.74. The second kappa shape index (κ2) is 9.00. The average Bonchev–Trinajstić information content (AvgIpc) is 3.15. The first-order valence-corrected chi connectivity index (χ1v) is 11.9. The van der Waals surface area contributed by atoms with Gasteiger partial charge in [-0.25, -0.2) is 0 Å². The van der Waals surface area contributed by atoms with Crippen LogP contribution in [0.5, 0.6) is 0 Å². The first-order valence-electron chi connectivity index (χ1n) is 10.4. The number of anilines is 2. The number of thioether (sulfide) groups is 1. The van der Waals surface area contributed by atoms with Crippen molar-refractivity contribution in [1.29, 1.82) is 0 Å². The van der Waals surface area contributed by atoms with E-state index in [1.807, 2.05) is 41.3 Å². The Kier molecular flexibility index (Phi) is 6.31. The molecule has 2 amide bonds. The van der Waals surface area contributed by atoms with Gasteiger partial charge in [0.2, 0.25) is 5.91 Å². The third-order valence-electron chi connectivity index (χ3n) is 5.43. The number of amides is 2. The average molecular weight is 465 g/mol. The minimum absolute atomic E-state index is 0.0515. The zero-order chi connectivity index (χ0) is 22.9. The lowest BCUT2D eigenvalue weighted by molar-refractivity contribution is -0.115. The summed E-state index contributed by atoms with van der Waals surface area (Å²) in [6.07, 6.45) is 0. The third kappa shape index (κ3) is 4.69. The Morgan fingerprint density at radius 1 is 1.03 bits per heavy atom. The predicted molar refractivity (Wildman–Crippen MR) is 134 cm³/mol. The molecule has 0 aliphatic carbocycles. The van der Waals surface area contributed by atoms with E-state index in [2.05, 4.69) is 38.2 Å². The van der Waals surface area contributed by atoms with Crippen molar-refractivity contribution in [3.63, 3.8) is 0 Å². The van der Waals surface area contributed by atoms with Crippen LogP contribution >= 0.6 is 23.4 Å². The molecule has 0 saturated carbocycles. The van der Waals surface area contributed by atoms with E-state index in [0.29, 0.717) is 22.0 Å². The Labute approximate surface area is 198 Å². The highest BCUT2D eigenvalue weighted by molar-refractivity contribution is 8.00. The van der Waals surface area contributed by atoms with Gasteiger partial charge in [0.15, 0.2) is 0 Å². The number of carbonyl (C=O) groups excluding carboxylic acids is 2. The summed E-state index contributed by atoms with van der Waals surface area (Å²) in [4.78, 5) is 27.2. The molecular weight excluding hydrogens is 440 g/mol. The lowest BCUT2D eigenvalue weighted by Gasteiger charge is -2.26. The summed E-state index contributed by atoms with van der Waals surface area (Å²) in [6.45, 7) is 6.51. The first kappa shape index (κ1) is 22.4. The number of halogens is 1. The van der Waals surface area contributed by atoms with E-state index in [9.17, 15) is 9.59 Å². The molecule has 1 fully saturated rings. The van der Waals surface area contributed by atoms with Gasteiger partial charge in [0.05, 0.1) is 16.3 Å². The van der Waals surface area contributed by atoms with E-state index in [1.54, 1.807) is 36.0 Å². The van der Waals surface area contributed by atoms with Crippen LogP contribution in [-0.4, -0.2) is 17.6 Å². The smallest absolute Gasteiger partial charge is 0.257 e. The highest BCUT2D eigenvalue weighted by Crippen LogP contribution is 2.42. The van der Waals surface area contributed by atoms with Gasteiger partial charge in [-0.15, -0.1) is 11.8 Å². The monoisotopic (exact) mass is 464 g/mol. The van der Waals surface area contributed by atoms with Crippen LogP contribution in [0.1, 0.15) is 47.6 Å². The van der Waals surface area contributed by atoms with Crippen LogP contribution < -0.4 is 10.2 Å². The fraction of sp³-hybridized carbons (Fsp3) is 0.231. The molecule has 6 heteroatoms. The van der Waals surface area contributed by atoms with E-state index in [-0.39, 0.29) is 22.6 Å². The van der Waals surface area contributed by atoms with Gasteiger partial charge < -0.3 is 5.32 Å². The molecule has 1 saturated heterocycles. The van der Waals surface area contributed by atoms with Crippen molar-refractivity contribution in [1.82, 2.24) is 0 Å². The molecule has 3 aromatic rings. The van der Waals surface area contributed by atoms with Crippen molar-refractivity contribution in [2.45, 2.75) is 31.6 Å². The summed E-state index contributed by atoms with van der Waals surface area (Å²) in [5.74, 6) is 0.230. The van der Waals surface area contributed by atoms with Crippen LogP contribution in [0.15, 0.2) is 72.8 Å². The summed E-state index contributed by atoms with van der Waals surface area (Å²) < 4.78 is 0. The summed E-state index contributed by atoms with van der Waals surface area (Å²) in [6, 6.07) is 22.8. The molecule has 3 aromatic carbocycles. The Bertz CT molecular complexity index is 1150. The quantitative estimate of drug-likeness (QED) is 0.469. The van der Waals surface area contributed by atoms with Gasteiger partial charge in [0.25, 0.3) is 5.91 Å². The van der Waals surface area contributed by atoms with E-state index in [1.165, 1.54) is 5.56 Å². The van der Waals surface area contributed by atoms with Crippen molar-refractivity contribution in [2.75, 3.05) is 16.0 Å². The molecule has 0 bridgehead atoms. The van der Waals surface area contributed by atoms with Gasteiger partial charge in [0, 0.05) is 11.4 Å². The standard InChI is InChI=1S/C26H25ClN2O2S/c1-26(2,3)18-11-13-20(14-12-18)29-23(30)16-32-25(29)17-7-6-8-19(15-17)28-24(31)21-9-4-5-10-22(21)27/h4-15,25H,16H2,1-3H3,(H,28,31)/t25-/m1/s1. The normalized spacial score (nSPS) is 16.3. The van der Waals surface area contributed by atoms with Crippen molar-refractivity contribution in [2.24, 2.45) is 0 Å². The van der Waals surface area contributed by atoms with Crippen molar-refractivity contribution in [3.05, 3.63) is 94.5 Å². The molecule has 1 heterocycles. The maximum absolute atomic E-state index is 12.7. The van der Waals surface area contributed by atoms with Gasteiger partial charge in [-0.1, -0.05) is 68.8 Å². The molecule has 4 rings (SSSR count). The zero-order valence-corrected chi connectivity index (χ0v) is 19.8. The molecule has 4 nitrogen and oxygen atoms in total.